The highest BCUT2D eigenvalue weighted by molar-refractivity contribution is 4.90. The summed E-state index contributed by atoms with van der Waals surface area (Å²) in [6.45, 7) is 2.12. The molecule has 0 aromatic heterocycles. The Balaban J connectivity index is 1.80. The molecule has 0 radical (unpaired) electrons. The predicted octanol–water partition coefficient (Wildman–Crippen LogP) is 1.94. The van der Waals surface area contributed by atoms with Crippen molar-refractivity contribution in [2.24, 2.45) is 11.3 Å². The third kappa shape index (κ3) is 3.67. The molecule has 2 rings (SSSR count). The highest BCUT2D eigenvalue weighted by Crippen LogP contribution is 2.37. The lowest BCUT2D eigenvalue weighted by Gasteiger charge is -2.37. The SMILES string of the molecule is COCC(NCC1(CO)CCCCC1)C1CC1. The molecule has 0 bridgehead atoms. The molecule has 0 spiro atoms. The maximum atomic E-state index is 9.67. The minimum Gasteiger partial charge on any atom is -0.396 e. The van der Waals surface area contributed by atoms with Gasteiger partial charge in [-0.15, -0.1) is 0 Å². The van der Waals surface area contributed by atoms with E-state index < -0.39 is 0 Å². The molecule has 2 saturated carbocycles. The fraction of sp³-hybridized carbons (Fsp3) is 1.00. The van der Waals surface area contributed by atoms with Crippen molar-refractivity contribution < 1.29 is 9.84 Å². The number of ether oxygens (including phenoxy) is 1. The number of aliphatic hydroxyl groups is 1. The van der Waals surface area contributed by atoms with Gasteiger partial charge in [-0.1, -0.05) is 19.3 Å². The van der Waals surface area contributed by atoms with E-state index in [1.54, 1.807) is 7.11 Å². The summed E-state index contributed by atoms with van der Waals surface area (Å²) in [7, 11) is 1.78. The molecule has 2 N–H and O–H groups in total. The molecule has 1 unspecified atom stereocenters. The number of aliphatic hydroxyl groups excluding tert-OH is 1. The number of methoxy groups -OCH3 is 1. The zero-order valence-electron chi connectivity index (χ0n) is 11.1. The molecule has 0 amide bonds. The molecule has 3 heteroatoms. The van der Waals surface area contributed by atoms with Crippen molar-refractivity contribution in [2.45, 2.75) is 51.0 Å². The van der Waals surface area contributed by atoms with Crippen molar-refractivity contribution >= 4 is 0 Å². The third-order valence-electron chi connectivity index (χ3n) is 4.53. The van der Waals surface area contributed by atoms with Crippen LogP contribution in [0, 0.1) is 11.3 Å². The molecule has 0 heterocycles. The Hall–Kier alpha value is -0.120. The molecule has 2 aliphatic carbocycles. The quantitative estimate of drug-likeness (QED) is 0.716. The second kappa shape index (κ2) is 6.17. The second-order valence-corrected chi connectivity index (χ2v) is 6.00. The van der Waals surface area contributed by atoms with Gasteiger partial charge in [0, 0.05) is 31.7 Å². The summed E-state index contributed by atoms with van der Waals surface area (Å²) in [4.78, 5) is 0. The van der Waals surface area contributed by atoms with Crippen LogP contribution in [0.4, 0.5) is 0 Å². The van der Waals surface area contributed by atoms with Gasteiger partial charge >= 0.3 is 0 Å². The fourth-order valence-electron chi connectivity index (χ4n) is 3.08. The van der Waals surface area contributed by atoms with Gasteiger partial charge in [0.25, 0.3) is 0 Å². The minimum absolute atomic E-state index is 0.152. The molecule has 17 heavy (non-hydrogen) atoms. The average molecular weight is 241 g/mol. The molecule has 2 fully saturated rings. The maximum absolute atomic E-state index is 9.67. The Morgan fingerprint density at radius 3 is 2.53 bits per heavy atom. The molecule has 2 aliphatic rings. The van der Waals surface area contributed by atoms with Gasteiger partial charge < -0.3 is 15.2 Å². The Morgan fingerprint density at radius 1 is 1.29 bits per heavy atom. The average Bonchev–Trinajstić information content (AvgIpc) is 3.20. The standard InChI is InChI=1S/C14H27NO2/c1-17-9-13(12-5-6-12)15-10-14(11-16)7-3-2-4-8-14/h12-13,15-16H,2-11H2,1H3. The zero-order chi connectivity index (χ0) is 12.1. The van der Waals surface area contributed by atoms with Crippen LogP contribution in [0.5, 0.6) is 0 Å². The van der Waals surface area contributed by atoms with Crippen molar-refractivity contribution in [1.82, 2.24) is 5.32 Å². The summed E-state index contributed by atoms with van der Waals surface area (Å²) in [5.74, 6) is 0.814. The summed E-state index contributed by atoms with van der Waals surface area (Å²) in [6.07, 6.45) is 8.94. The summed E-state index contributed by atoms with van der Waals surface area (Å²) < 4.78 is 5.29. The predicted molar refractivity (Wildman–Crippen MR) is 69.0 cm³/mol. The van der Waals surface area contributed by atoms with Gasteiger partial charge in [0.15, 0.2) is 0 Å². The molecule has 3 nitrogen and oxygen atoms in total. The molecule has 100 valence electrons. The van der Waals surface area contributed by atoms with Gasteiger partial charge in [-0.05, 0) is 31.6 Å². The molecule has 0 aliphatic heterocycles. The number of hydrogen-bond acceptors (Lipinski definition) is 3. The Bertz CT molecular complexity index is 222. The molecular weight excluding hydrogens is 214 g/mol. The van der Waals surface area contributed by atoms with E-state index in [9.17, 15) is 5.11 Å². The van der Waals surface area contributed by atoms with E-state index in [1.165, 1.54) is 44.9 Å². The van der Waals surface area contributed by atoms with E-state index in [4.69, 9.17) is 4.74 Å². The van der Waals surface area contributed by atoms with Gasteiger partial charge in [-0.25, -0.2) is 0 Å². The molecule has 0 aromatic carbocycles. The number of rotatable bonds is 7. The maximum Gasteiger partial charge on any atom is 0.0618 e. The van der Waals surface area contributed by atoms with Crippen LogP contribution in [0.25, 0.3) is 0 Å². The van der Waals surface area contributed by atoms with Crippen LogP contribution in [-0.2, 0) is 4.74 Å². The fourth-order valence-corrected chi connectivity index (χ4v) is 3.08. The van der Waals surface area contributed by atoms with Crippen LogP contribution in [0.2, 0.25) is 0 Å². The van der Waals surface area contributed by atoms with E-state index in [-0.39, 0.29) is 5.41 Å². The summed E-state index contributed by atoms with van der Waals surface area (Å²) in [6, 6.07) is 0.505. The van der Waals surface area contributed by atoms with E-state index >= 15 is 0 Å². The molecule has 1 atom stereocenters. The van der Waals surface area contributed by atoms with Crippen LogP contribution in [0.1, 0.15) is 44.9 Å². The summed E-state index contributed by atoms with van der Waals surface area (Å²) >= 11 is 0. The lowest BCUT2D eigenvalue weighted by Crippen LogP contribution is -2.45. The van der Waals surface area contributed by atoms with Crippen LogP contribution < -0.4 is 5.32 Å². The van der Waals surface area contributed by atoms with Gasteiger partial charge in [0.2, 0.25) is 0 Å². The number of hydrogen-bond donors (Lipinski definition) is 2. The lowest BCUT2D eigenvalue weighted by molar-refractivity contribution is 0.0701. The van der Waals surface area contributed by atoms with Crippen molar-refractivity contribution in [3.63, 3.8) is 0 Å². The van der Waals surface area contributed by atoms with Crippen molar-refractivity contribution in [2.75, 3.05) is 26.9 Å². The van der Waals surface area contributed by atoms with Crippen molar-refractivity contribution in [3.8, 4) is 0 Å². The van der Waals surface area contributed by atoms with Gasteiger partial charge in [-0.2, -0.15) is 0 Å². The van der Waals surface area contributed by atoms with Crippen molar-refractivity contribution in [3.05, 3.63) is 0 Å². The Morgan fingerprint density at radius 2 is 2.00 bits per heavy atom. The van der Waals surface area contributed by atoms with E-state index in [0.29, 0.717) is 12.6 Å². The lowest BCUT2D eigenvalue weighted by atomic mass is 9.74. The van der Waals surface area contributed by atoms with E-state index in [1.807, 2.05) is 0 Å². The first-order valence-electron chi connectivity index (χ1n) is 7.13. The Kier molecular flexibility index (Phi) is 4.83. The zero-order valence-corrected chi connectivity index (χ0v) is 11.1. The van der Waals surface area contributed by atoms with Crippen molar-refractivity contribution in [1.29, 1.82) is 0 Å². The third-order valence-corrected chi connectivity index (χ3v) is 4.53. The minimum atomic E-state index is 0.152. The van der Waals surface area contributed by atoms with Gasteiger partial charge in [0.1, 0.15) is 0 Å². The monoisotopic (exact) mass is 241 g/mol. The molecular formula is C14H27NO2. The number of nitrogens with one attached hydrogen (secondary N) is 1. The second-order valence-electron chi connectivity index (χ2n) is 6.00. The first kappa shape index (κ1) is 13.3. The highest BCUT2D eigenvalue weighted by Gasteiger charge is 2.35. The topological polar surface area (TPSA) is 41.5 Å². The van der Waals surface area contributed by atoms with Gasteiger partial charge in [0.05, 0.1) is 6.61 Å². The molecule has 0 saturated heterocycles. The van der Waals surface area contributed by atoms with Crippen LogP contribution in [-0.4, -0.2) is 38.0 Å². The van der Waals surface area contributed by atoms with Crippen LogP contribution >= 0.6 is 0 Å². The summed E-state index contributed by atoms with van der Waals surface area (Å²) in [5, 5.41) is 13.3. The summed E-state index contributed by atoms with van der Waals surface area (Å²) in [5.41, 5.74) is 0.152. The highest BCUT2D eigenvalue weighted by atomic mass is 16.5. The Labute approximate surface area is 105 Å². The smallest absolute Gasteiger partial charge is 0.0618 e. The first-order valence-corrected chi connectivity index (χ1v) is 7.13. The van der Waals surface area contributed by atoms with Crippen LogP contribution in [0.3, 0.4) is 0 Å². The van der Waals surface area contributed by atoms with E-state index in [0.717, 1.165) is 19.1 Å². The normalized spacial score (nSPS) is 25.8. The van der Waals surface area contributed by atoms with Gasteiger partial charge in [-0.3, -0.25) is 0 Å². The van der Waals surface area contributed by atoms with E-state index in [2.05, 4.69) is 5.32 Å². The first-order chi connectivity index (χ1) is 8.29. The molecule has 0 aromatic rings. The van der Waals surface area contributed by atoms with Crippen LogP contribution in [0.15, 0.2) is 0 Å². The largest absolute Gasteiger partial charge is 0.396 e.